The highest BCUT2D eigenvalue weighted by atomic mass is 16.3. The molecule has 1 saturated heterocycles. The van der Waals surface area contributed by atoms with Gasteiger partial charge in [0.05, 0.1) is 6.10 Å². The molecule has 6 heteroatoms. The third kappa shape index (κ3) is 4.04. The summed E-state index contributed by atoms with van der Waals surface area (Å²) in [4.78, 5) is 18.0. The van der Waals surface area contributed by atoms with E-state index < -0.39 is 0 Å². The standard InChI is InChI=1S/C13H22N4O2/c1-16-9-6-14-12(16)13(19)15-5-3-8-17-7-2-4-11(18)10-17/h6,9,11,18H,2-5,7-8,10H2,1H3,(H,15,19)/t11-/m0/s1. The third-order valence-electron chi connectivity index (χ3n) is 3.44. The van der Waals surface area contributed by atoms with Gasteiger partial charge in [0.15, 0.2) is 5.82 Å². The molecule has 0 saturated carbocycles. The summed E-state index contributed by atoms with van der Waals surface area (Å²) in [6.07, 6.45) is 6.04. The molecule has 1 fully saturated rings. The van der Waals surface area contributed by atoms with Crippen LogP contribution in [0.4, 0.5) is 0 Å². The van der Waals surface area contributed by atoms with E-state index >= 15 is 0 Å². The number of rotatable bonds is 5. The zero-order valence-corrected chi connectivity index (χ0v) is 11.4. The Hall–Kier alpha value is -1.40. The van der Waals surface area contributed by atoms with E-state index in [1.54, 1.807) is 24.0 Å². The van der Waals surface area contributed by atoms with Gasteiger partial charge in [-0.3, -0.25) is 4.79 Å². The van der Waals surface area contributed by atoms with Crippen molar-refractivity contribution in [1.82, 2.24) is 19.8 Å². The highest BCUT2D eigenvalue weighted by molar-refractivity contribution is 5.90. The molecule has 1 aromatic heterocycles. The summed E-state index contributed by atoms with van der Waals surface area (Å²) in [6, 6.07) is 0. The molecule has 1 aliphatic rings. The van der Waals surface area contributed by atoms with Crippen LogP contribution in [0.3, 0.4) is 0 Å². The lowest BCUT2D eigenvalue weighted by molar-refractivity contribution is 0.0697. The number of carbonyl (C=O) groups excluding carboxylic acids is 1. The molecule has 0 radical (unpaired) electrons. The average Bonchev–Trinajstić information content (AvgIpc) is 2.81. The van der Waals surface area contributed by atoms with Gasteiger partial charge in [-0.05, 0) is 32.4 Å². The molecular formula is C13H22N4O2. The van der Waals surface area contributed by atoms with Gasteiger partial charge in [-0.15, -0.1) is 0 Å². The quantitative estimate of drug-likeness (QED) is 0.736. The van der Waals surface area contributed by atoms with Crippen LogP contribution in [0.2, 0.25) is 0 Å². The number of aliphatic hydroxyl groups excluding tert-OH is 1. The maximum atomic E-state index is 11.8. The molecule has 1 amide bonds. The van der Waals surface area contributed by atoms with Crippen LogP contribution in [-0.2, 0) is 7.05 Å². The summed E-state index contributed by atoms with van der Waals surface area (Å²) < 4.78 is 1.70. The summed E-state index contributed by atoms with van der Waals surface area (Å²) in [5.74, 6) is 0.305. The molecule has 19 heavy (non-hydrogen) atoms. The zero-order chi connectivity index (χ0) is 13.7. The van der Waals surface area contributed by atoms with Crippen LogP contribution in [0.5, 0.6) is 0 Å². The van der Waals surface area contributed by atoms with Gasteiger partial charge < -0.3 is 19.9 Å². The number of hydrogen-bond donors (Lipinski definition) is 2. The van der Waals surface area contributed by atoms with Crippen molar-refractivity contribution in [2.24, 2.45) is 7.05 Å². The van der Waals surface area contributed by atoms with E-state index in [2.05, 4.69) is 15.2 Å². The second kappa shape index (κ2) is 6.68. The van der Waals surface area contributed by atoms with Gasteiger partial charge in [-0.25, -0.2) is 4.98 Å². The maximum absolute atomic E-state index is 11.8. The Bertz CT molecular complexity index is 419. The number of likely N-dealkylation sites (tertiary alicyclic amines) is 1. The Labute approximate surface area is 113 Å². The van der Waals surface area contributed by atoms with E-state index in [0.29, 0.717) is 12.4 Å². The van der Waals surface area contributed by atoms with Crippen LogP contribution in [0.15, 0.2) is 12.4 Å². The number of nitrogens with one attached hydrogen (secondary N) is 1. The Morgan fingerprint density at radius 3 is 3.16 bits per heavy atom. The third-order valence-corrected chi connectivity index (χ3v) is 3.44. The first kappa shape index (κ1) is 14.0. The summed E-state index contributed by atoms with van der Waals surface area (Å²) in [7, 11) is 1.80. The molecule has 2 rings (SSSR count). The largest absolute Gasteiger partial charge is 0.392 e. The maximum Gasteiger partial charge on any atom is 0.287 e. The molecule has 106 valence electrons. The molecular weight excluding hydrogens is 244 g/mol. The van der Waals surface area contributed by atoms with Crippen LogP contribution < -0.4 is 5.32 Å². The zero-order valence-electron chi connectivity index (χ0n) is 11.4. The molecule has 0 aromatic carbocycles. The first-order valence-corrected chi connectivity index (χ1v) is 6.83. The summed E-state index contributed by atoms with van der Waals surface area (Å²) in [5.41, 5.74) is 0. The minimum Gasteiger partial charge on any atom is -0.392 e. The molecule has 0 spiro atoms. The first-order valence-electron chi connectivity index (χ1n) is 6.83. The molecule has 2 heterocycles. The van der Waals surface area contributed by atoms with E-state index in [0.717, 1.165) is 38.9 Å². The molecule has 2 N–H and O–H groups in total. The number of aryl methyl sites for hydroxylation is 1. The molecule has 0 aliphatic carbocycles. The van der Waals surface area contributed by atoms with E-state index in [1.165, 1.54) is 0 Å². The van der Waals surface area contributed by atoms with Crippen LogP contribution in [0.25, 0.3) is 0 Å². The Kier molecular flexibility index (Phi) is 4.93. The van der Waals surface area contributed by atoms with Gasteiger partial charge in [0.1, 0.15) is 0 Å². The van der Waals surface area contributed by atoms with Crippen molar-refractivity contribution in [3.05, 3.63) is 18.2 Å². The number of β-amino-alcohol motifs (C(OH)–C–C–N with tert-alkyl or cyclic N) is 1. The lowest BCUT2D eigenvalue weighted by atomic mass is 10.1. The fourth-order valence-corrected chi connectivity index (χ4v) is 2.40. The number of aromatic nitrogens is 2. The highest BCUT2D eigenvalue weighted by Gasteiger charge is 2.17. The van der Waals surface area contributed by atoms with Crippen LogP contribution in [-0.4, -0.2) is 57.7 Å². The molecule has 1 aromatic rings. The van der Waals surface area contributed by atoms with Gasteiger partial charge in [-0.2, -0.15) is 0 Å². The van der Waals surface area contributed by atoms with E-state index in [9.17, 15) is 9.90 Å². The lowest BCUT2D eigenvalue weighted by Crippen LogP contribution is -2.39. The van der Waals surface area contributed by atoms with Gasteiger partial charge >= 0.3 is 0 Å². The topological polar surface area (TPSA) is 70.4 Å². The monoisotopic (exact) mass is 266 g/mol. The Morgan fingerprint density at radius 1 is 1.63 bits per heavy atom. The molecule has 6 nitrogen and oxygen atoms in total. The summed E-state index contributed by atoms with van der Waals surface area (Å²) in [6.45, 7) is 3.36. The van der Waals surface area contributed by atoms with Crippen LogP contribution in [0.1, 0.15) is 29.9 Å². The number of imidazole rings is 1. The second-order valence-electron chi connectivity index (χ2n) is 5.07. The minimum absolute atomic E-state index is 0.133. The number of piperidine rings is 1. The summed E-state index contributed by atoms with van der Waals surface area (Å²) >= 11 is 0. The van der Waals surface area contributed by atoms with Crippen molar-refractivity contribution in [3.63, 3.8) is 0 Å². The van der Waals surface area contributed by atoms with Crippen molar-refractivity contribution in [2.45, 2.75) is 25.4 Å². The second-order valence-corrected chi connectivity index (χ2v) is 5.07. The normalized spacial score (nSPS) is 20.4. The fourth-order valence-electron chi connectivity index (χ4n) is 2.40. The fraction of sp³-hybridized carbons (Fsp3) is 0.692. The van der Waals surface area contributed by atoms with Crippen molar-refractivity contribution in [3.8, 4) is 0 Å². The smallest absolute Gasteiger partial charge is 0.287 e. The van der Waals surface area contributed by atoms with Crippen LogP contribution in [0, 0.1) is 0 Å². The number of amides is 1. The number of aliphatic hydroxyl groups is 1. The minimum atomic E-state index is -0.184. The lowest BCUT2D eigenvalue weighted by Gasteiger charge is -2.29. The Morgan fingerprint density at radius 2 is 2.47 bits per heavy atom. The van der Waals surface area contributed by atoms with E-state index in [4.69, 9.17) is 0 Å². The predicted molar refractivity (Wildman–Crippen MR) is 71.8 cm³/mol. The first-order chi connectivity index (χ1) is 9.16. The van der Waals surface area contributed by atoms with Crippen LogP contribution >= 0.6 is 0 Å². The van der Waals surface area contributed by atoms with Crippen molar-refractivity contribution >= 4 is 5.91 Å². The van der Waals surface area contributed by atoms with Gasteiger partial charge in [-0.1, -0.05) is 0 Å². The number of hydrogen-bond acceptors (Lipinski definition) is 4. The number of carbonyl (C=O) groups is 1. The van der Waals surface area contributed by atoms with Crippen molar-refractivity contribution < 1.29 is 9.90 Å². The average molecular weight is 266 g/mol. The number of nitrogens with zero attached hydrogens (tertiary/aromatic N) is 3. The predicted octanol–water partition coefficient (Wildman–Crippen LogP) is -0.00330. The van der Waals surface area contributed by atoms with Gasteiger partial charge in [0, 0.05) is 32.5 Å². The molecule has 0 bridgehead atoms. The van der Waals surface area contributed by atoms with E-state index in [-0.39, 0.29) is 12.0 Å². The van der Waals surface area contributed by atoms with Gasteiger partial charge in [0.25, 0.3) is 5.91 Å². The Balaban J connectivity index is 1.64. The molecule has 1 aliphatic heterocycles. The molecule has 0 unspecified atom stereocenters. The van der Waals surface area contributed by atoms with Crippen molar-refractivity contribution in [1.29, 1.82) is 0 Å². The SMILES string of the molecule is Cn1ccnc1C(=O)NCCCN1CCC[C@H](O)C1. The summed E-state index contributed by atoms with van der Waals surface area (Å²) in [5, 5.41) is 12.4. The van der Waals surface area contributed by atoms with E-state index in [1.807, 2.05) is 0 Å². The molecule has 1 atom stereocenters. The van der Waals surface area contributed by atoms with Gasteiger partial charge in [0.2, 0.25) is 0 Å². The van der Waals surface area contributed by atoms with Crippen molar-refractivity contribution in [2.75, 3.05) is 26.2 Å². The highest BCUT2D eigenvalue weighted by Crippen LogP contribution is 2.09.